The van der Waals surface area contributed by atoms with Crippen molar-refractivity contribution in [2.24, 2.45) is 11.7 Å². The fraction of sp³-hybridized carbons (Fsp3) is 0.500. The molecule has 0 amide bonds. The van der Waals surface area contributed by atoms with Crippen LogP contribution in [0.5, 0.6) is 0 Å². The smallest absolute Gasteiger partial charge is 0.0394 e. The van der Waals surface area contributed by atoms with Crippen molar-refractivity contribution >= 4 is 0 Å². The molecule has 0 heterocycles. The maximum Gasteiger partial charge on any atom is 0.0394 e. The van der Waals surface area contributed by atoms with Gasteiger partial charge < -0.3 is 5.73 Å². The summed E-state index contributed by atoms with van der Waals surface area (Å²) in [6.07, 6.45) is 10.8. The van der Waals surface area contributed by atoms with Gasteiger partial charge in [-0.15, -0.1) is 0 Å². The van der Waals surface area contributed by atoms with Gasteiger partial charge in [0.1, 0.15) is 0 Å². The van der Waals surface area contributed by atoms with Crippen molar-refractivity contribution in [2.75, 3.05) is 19.6 Å². The van der Waals surface area contributed by atoms with Gasteiger partial charge in [0.05, 0.1) is 0 Å². The van der Waals surface area contributed by atoms with Gasteiger partial charge in [-0.2, -0.15) is 0 Å². The lowest BCUT2D eigenvalue weighted by Gasteiger charge is -2.33. The lowest BCUT2D eigenvalue weighted by molar-refractivity contribution is 0.0783. The Labute approximate surface area is 118 Å². The van der Waals surface area contributed by atoms with Gasteiger partial charge in [-0.1, -0.05) is 43.9 Å². The fourth-order valence-electron chi connectivity index (χ4n) is 1.78. The Morgan fingerprint density at radius 1 is 1.32 bits per heavy atom. The van der Waals surface area contributed by atoms with E-state index in [1.54, 1.807) is 0 Å². The van der Waals surface area contributed by atoms with Crippen LogP contribution in [-0.4, -0.2) is 29.7 Å². The topological polar surface area (TPSA) is 32.5 Å². The third kappa shape index (κ3) is 6.87. The summed E-state index contributed by atoms with van der Waals surface area (Å²) in [5, 5.41) is 4.25. The molecular weight excluding hydrogens is 234 g/mol. The molecule has 3 heteroatoms. The molecule has 1 atom stereocenters. The quantitative estimate of drug-likeness (QED) is 0.485. The largest absolute Gasteiger partial charge is 0.327 e. The molecule has 0 aliphatic rings. The van der Waals surface area contributed by atoms with Gasteiger partial charge >= 0.3 is 0 Å². The van der Waals surface area contributed by atoms with Crippen molar-refractivity contribution in [3.8, 4) is 0 Å². The van der Waals surface area contributed by atoms with Crippen LogP contribution >= 0.6 is 0 Å². The third-order valence-electron chi connectivity index (χ3n) is 3.23. The van der Waals surface area contributed by atoms with E-state index in [1.165, 1.54) is 5.57 Å². The number of hydrazine groups is 1. The molecule has 0 aromatic rings. The molecule has 0 saturated carbocycles. The molecule has 0 aromatic heterocycles. The molecule has 2 N–H and O–H groups in total. The first-order chi connectivity index (χ1) is 9.10. The number of nitrogens with zero attached hydrogens (tertiary/aromatic N) is 2. The minimum atomic E-state index is 0.539. The molecule has 0 aromatic carbocycles. The van der Waals surface area contributed by atoms with Gasteiger partial charge in [0.2, 0.25) is 0 Å². The van der Waals surface area contributed by atoms with Crippen molar-refractivity contribution in [3.05, 3.63) is 49.4 Å². The van der Waals surface area contributed by atoms with Crippen molar-refractivity contribution in [2.45, 2.75) is 27.2 Å². The Morgan fingerprint density at radius 3 is 2.47 bits per heavy atom. The molecule has 0 aliphatic heterocycles. The lowest BCUT2D eigenvalue weighted by atomic mass is 9.99. The number of nitrogens with two attached hydrogens (primary N) is 1. The molecule has 0 bridgehead atoms. The van der Waals surface area contributed by atoms with Crippen LogP contribution in [0.15, 0.2) is 49.4 Å². The zero-order valence-corrected chi connectivity index (χ0v) is 12.7. The third-order valence-corrected chi connectivity index (χ3v) is 3.23. The Kier molecular flexibility index (Phi) is 9.63. The van der Waals surface area contributed by atoms with Crippen LogP contribution in [0.25, 0.3) is 0 Å². The van der Waals surface area contributed by atoms with Gasteiger partial charge in [0.25, 0.3) is 0 Å². The number of rotatable bonds is 10. The van der Waals surface area contributed by atoms with Crippen LogP contribution in [0, 0.1) is 5.92 Å². The minimum absolute atomic E-state index is 0.539. The summed E-state index contributed by atoms with van der Waals surface area (Å²) in [6.45, 7) is 16.5. The maximum atomic E-state index is 5.49. The molecule has 0 radical (unpaired) electrons. The van der Waals surface area contributed by atoms with Crippen LogP contribution in [0.2, 0.25) is 0 Å². The van der Waals surface area contributed by atoms with E-state index in [0.717, 1.165) is 19.5 Å². The van der Waals surface area contributed by atoms with E-state index >= 15 is 0 Å². The highest BCUT2D eigenvalue weighted by Crippen LogP contribution is 2.15. The first-order valence-electron chi connectivity index (χ1n) is 6.92. The van der Waals surface area contributed by atoms with Crippen molar-refractivity contribution in [3.63, 3.8) is 0 Å². The van der Waals surface area contributed by atoms with E-state index < -0.39 is 0 Å². The molecule has 0 saturated heterocycles. The Balaban J connectivity index is 4.47. The molecule has 0 aliphatic carbocycles. The number of allylic oxidation sites excluding steroid dienone is 3. The Morgan fingerprint density at radius 2 is 2.00 bits per heavy atom. The molecule has 0 spiro atoms. The van der Waals surface area contributed by atoms with Gasteiger partial charge in [-0.3, -0.25) is 10.0 Å². The van der Waals surface area contributed by atoms with Gasteiger partial charge in [-0.25, -0.2) is 0 Å². The SMILES string of the molecule is C=C/C=C(\C)C(C)CCN(C=C)N(/C=C\CN)CC. The summed E-state index contributed by atoms with van der Waals surface area (Å²) in [4.78, 5) is 0. The second-order valence-electron chi connectivity index (χ2n) is 4.56. The summed E-state index contributed by atoms with van der Waals surface area (Å²) >= 11 is 0. The van der Waals surface area contributed by atoms with Crippen molar-refractivity contribution in [1.29, 1.82) is 0 Å². The van der Waals surface area contributed by atoms with Gasteiger partial charge in [0.15, 0.2) is 0 Å². The van der Waals surface area contributed by atoms with Gasteiger partial charge in [-0.05, 0) is 26.2 Å². The van der Waals surface area contributed by atoms with Crippen LogP contribution < -0.4 is 5.73 Å². The molecule has 19 heavy (non-hydrogen) atoms. The van der Waals surface area contributed by atoms with Crippen LogP contribution in [0.3, 0.4) is 0 Å². The summed E-state index contributed by atoms with van der Waals surface area (Å²) in [5.74, 6) is 0.539. The summed E-state index contributed by atoms with van der Waals surface area (Å²) in [7, 11) is 0. The molecule has 3 nitrogen and oxygen atoms in total. The van der Waals surface area contributed by atoms with Crippen molar-refractivity contribution < 1.29 is 0 Å². The van der Waals surface area contributed by atoms with Crippen LogP contribution in [-0.2, 0) is 0 Å². The van der Waals surface area contributed by atoms with Crippen molar-refractivity contribution in [1.82, 2.24) is 10.0 Å². The average Bonchev–Trinajstić information content (AvgIpc) is 2.42. The maximum absolute atomic E-state index is 5.49. The first kappa shape index (κ1) is 17.5. The second kappa shape index (κ2) is 10.4. The first-order valence-corrected chi connectivity index (χ1v) is 6.92. The summed E-state index contributed by atoms with van der Waals surface area (Å²) in [6, 6.07) is 0. The van der Waals surface area contributed by atoms with Gasteiger partial charge in [0, 0.05) is 32.0 Å². The standard InChI is InChI=1S/C16H29N3/c1-6-10-15(4)16(5)11-14-19(8-3)18(7-2)13-9-12-17/h6,8-10,13,16H,1,3,7,11-12,14,17H2,2,4-5H3/b13-9-,15-10+. The van der Waals surface area contributed by atoms with E-state index in [9.17, 15) is 0 Å². The number of hydrogen-bond donors (Lipinski definition) is 1. The fourth-order valence-corrected chi connectivity index (χ4v) is 1.78. The minimum Gasteiger partial charge on any atom is -0.327 e. The molecule has 1 unspecified atom stereocenters. The van der Waals surface area contributed by atoms with E-state index in [4.69, 9.17) is 5.73 Å². The molecular formula is C16H29N3. The molecule has 0 fully saturated rings. The second-order valence-corrected chi connectivity index (χ2v) is 4.56. The number of hydrogen-bond acceptors (Lipinski definition) is 3. The van der Waals surface area contributed by atoms with E-state index in [2.05, 4.69) is 50.0 Å². The zero-order chi connectivity index (χ0) is 14.7. The van der Waals surface area contributed by atoms with E-state index in [-0.39, 0.29) is 0 Å². The average molecular weight is 263 g/mol. The Hall–Kier alpha value is -1.48. The monoisotopic (exact) mass is 263 g/mol. The van der Waals surface area contributed by atoms with E-state index in [0.29, 0.717) is 12.5 Å². The Bertz CT molecular complexity index is 318. The highest BCUT2D eigenvalue weighted by Gasteiger charge is 2.09. The highest BCUT2D eigenvalue weighted by molar-refractivity contribution is 5.10. The zero-order valence-electron chi connectivity index (χ0n) is 12.7. The summed E-state index contributed by atoms with van der Waals surface area (Å²) < 4.78 is 0. The summed E-state index contributed by atoms with van der Waals surface area (Å²) in [5.41, 5.74) is 6.85. The predicted octanol–water partition coefficient (Wildman–Crippen LogP) is 3.30. The normalized spacial score (nSPS) is 13.4. The van der Waals surface area contributed by atoms with Crippen LogP contribution in [0.4, 0.5) is 0 Å². The highest BCUT2D eigenvalue weighted by atomic mass is 15.6. The molecule has 0 rings (SSSR count). The van der Waals surface area contributed by atoms with Crippen LogP contribution in [0.1, 0.15) is 27.2 Å². The predicted molar refractivity (Wildman–Crippen MR) is 85.2 cm³/mol. The molecule has 108 valence electrons. The van der Waals surface area contributed by atoms with E-state index in [1.807, 2.05) is 24.6 Å². The lowest BCUT2D eigenvalue weighted by Crippen LogP contribution is -2.36.